The van der Waals surface area contributed by atoms with Gasteiger partial charge in [-0.15, -0.1) is 5.10 Å². The summed E-state index contributed by atoms with van der Waals surface area (Å²) >= 11 is 0. The Morgan fingerprint density at radius 2 is 1.92 bits per heavy atom. The fourth-order valence-corrected chi connectivity index (χ4v) is 4.24. The summed E-state index contributed by atoms with van der Waals surface area (Å²) in [5.74, 6) is 1.10. The largest absolute Gasteiger partial charge is 0.370 e. The molecular formula is C31H48N6O. The van der Waals surface area contributed by atoms with Crippen LogP contribution in [0.3, 0.4) is 0 Å². The highest BCUT2D eigenvalue weighted by Gasteiger charge is 2.16. The number of nitrogens with zero attached hydrogens (tertiary/aromatic N) is 6. The van der Waals surface area contributed by atoms with Crippen molar-refractivity contribution in [2.24, 2.45) is 34.1 Å². The molecule has 1 aromatic heterocycles. The minimum Gasteiger partial charge on any atom is -0.370 e. The molecule has 1 aromatic rings. The van der Waals surface area contributed by atoms with Crippen LogP contribution in [0, 0.1) is 18.8 Å². The predicted octanol–water partition coefficient (Wildman–Crippen LogP) is 6.52. The van der Waals surface area contributed by atoms with Crippen LogP contribution < -0.4 is 10.4 Å². The summed E-state index contributed by atoms with van der Waals surface area (Å²) in [7, 11) is 2.00. The van der Waals surface area contributed by atoms with Gasteiger partial charge in [-0.2, -0.15) is 10.2 Å². The highest BCUT2D eigenvalue weighted by atomic mass is 16.1. The zero-order valence-corrected chi connectivity index (χ0v) is 24.9. The zero-order chi connectivity index (χ0) is 28.2. The number of carbonyl (C=O) groups excluding carboxylic acids is 1. The van der Waals surface area contributed by atoms with Crippen LogP contribution in [-0.2, 0) is 11.8 Å². The molecule has 7 nitrogen and oxygen atoms in total. The number of anilines is 1. The van der Waals surface area contributed by atoms with E-state index in [1.54, 1.807) is 0 Å². The Hall–Kier alpha value is -3.22. The first-order valence-corrected chi connectivity index (χ1v) is 14.1. The van der Waals surface area contributed by atoms with Crippen molar-refractivity contribution in [1.29, 1.82) is 0 Å². The van der Waals surface area contributed by atoms with E-state index in [-0.39, 0.29) is 0 Å². The quantitative estimate of drug-likeness (QED) is 0.159. The molecule has 0 saturated carbocycles. The Morgan fingerprint density at radius 3 is 2.53 bits per heavy atom. The SMILES string of the molecule is C=C1C=CC(C(=CC=O)N=c2c(C)cc(N(CCC)CCCC(C)CC)cn2C)=NN1/N=C(/C)C(C)CC. The van der Waals surface area contributed by atoms with Gasteiger partial charge < -0.3 is 9.47 Å². The van der Waals surface area contributed by atoms with Crippen molar-refractivity contribution in [3.05, 3.63) is 59.5 Å². The van der Waals surface area contributed by atoms with Crippen LogP contribution in [0.15, 0.2) is 63.7 Å². The number of allylic oxidation sites excluding steroid dienone is 3. The monoisotopic (exact) mass is 520 g/mol. The lowest BCUT2D eigenvalue weighted by Crippen LogP contribution is -2.29. The standard InChI is InChI=1S/C31H48N6O/c1-10-18-36(19-13-14-23(4)11-2)28-21-25(6)31(35(9)22-28)32-29(17-20-38)30-16-15-26(7)37(34-30)33-27(8)24(5)12-3/h15-17,20-24H,7,10-14,18-19H2,1-6,8-9H3/b29-17?,32-31?,33-27-. The molecule has 0 spiro atoms. The van der Waals surface area contributed by atoms with Crippen LogP contribution in [0.2, 0.25) is 0 Å². The lowest BCUT2D eigenvalue weighted by Gasteiger charge is -2.26. The fraction of sp³-hybridized carbons (Fsp3) is 0.548. The summed E-state index contributed by atoms with van der Waals surface area (Å²) in [6.45, 7) is 21.3. The Balaban J connectivity index is 2.43. The molecule has 2 unspecified atom stereocenters. The van der Waals surface area contributed by atoms with Crippen molar-refractivity contribution < 1.29 is 4.79 Å². The molecule has 7 heteroatoms. The van der Waals surface area contributed by atoms with Crippen molar-refractivity contribution in [2.45, 2.75) is 80.6 Å². The third-order valence-electron chi connectivity index (χ3n) is 7.24. The molecule has 38 heavy (non-hydrogen) atoms. The number of carbonyl (C=O) groups is 1. The van der Waals surface area contributed by atoms with Crippen molar-refractivity contribution in [3.63, 3.8) is 0 Å². The lowest BCUT2D eigenvalue weighted by atomic mass is 10.0. The van der Waals surface area contributed by atoms with E-state index in [4.69, 9.17) is 4.99 Å². The number of aromatic nitrogens is 1. The molecule has 0 amide bonds. The Morgan fingerprint density at radius 1 is 1.18 bits per heavy atom. The first kappa shape index (κ1) is 31.0. The average Bonchev–Trinajstić information content (AvgIpc) is 2.89. The molecule has 0 bridgehead atoms. The maximum Gasteiger partial charge on any atom is 0.145 e. The first-order valence-electron chi connectivity index (χ1n) is 14.1. The number of hydrazone groups is 2. The van der Waals surface area contributed by atoms with E-state index in [1.165, 1.54) is 36.1 Å². The number of pyridine rings is 1. The molecule has 1 aliphatic heterocycles. The summed E-state index contributed by atoms with van der Waals surface area (Å²) in [5, 5.41) is 10.8. The second kappa shape index (κ2) is 15.3. The van der Waals surface area contributed by atoms with Gasteiger partial charge >= 0.3 is 0 Å². The molecule has 0 fully saturated rings. The lowest BCUT2D eigenvalue weighted by molar-refractivity contribution is -0.104. The van der Waals surface area contributed by atoms with Crippen LogP contribution in [0.25, 0.3) is 0 Å². The summed E-state index contributed by atoms with van der Waals surface area (Å²) in [5.41, 5.74) is 5.70. The van der Waals surface area contributed by atoms with Gasteiger partial charge in [-0.3, -0.25) is 4.79 Å². The smallest absolute Gasteiger partial charge is 0.145 e. The van der Waals surface area contributed by atoms with E-state index in [2.05, 4.69) is 75.5 Å². The summed E-state index contributed by atoms with van der Waals surface area (Å²) in [4.78, 5) is 18.9. The number of aldehydes is 1. The van der Waals surface area contributed by atoms with Crippen LogP contribution in [0.1, 0.15) is 79.2 Å². The van der Waals surface area contributed by atoms with Gasteiger partial charge in [-0.25, -0.2) is 4.99 Å². The van der Waals surface area contributed by atoms with Gasteiger partial charge in [0, 0.05) is 38.1 Å². The summed E-state index contributed by atoms with van der Waals surface area (Å²) in [6, 6.07) is 2.20. The second-order valence-corrected chi connectivity index (χ2v) is 10.4. The molecule has 0 saturated heterocycles. The van der Waals surface area contributed by atoms with Crippen molar-refractivity contribution in [3.8, 4) is 0 Å². The summed E-state index contributed by atoms with van der Waals surface area (Å²) < 4.78 is 2.04. The summed E-state index contributed by atoms with van der Waals surface area (Å²) in [6.07, 6.45) is 13.8. The molecule has 208 valence electrons. The average molecular weight is 521 g/mol. The van der Waals surface area contributed by atoms with Gasteiger partial charge in [0.1, 0.15) is 17.5 Å². The van der Waals surface area contributed by atoms with Gasteiger partial charge in [0.2, 0.25) is 0 Å². The molecular weight excluding hydrogens is 472 g/mol. The van der Waals surface area contributed by atoms with Crippen LogP contribution >= 0.6 is 0 Å². The Kier molecular flexibility index (Phi) is 12.4. The third-order valence-corrected chi connectivity index (χ3v) is 7.24. The van der Waals surface area contributed by atoms with E-state index in [0.29, 0.717) is 23.0 Å². The number of hydrogen-bond acceptors (Lipinski definition) is 6. The molecule has 0 aromatic carbocycles. The van der Waals surface area contributed by atoms with Gasteiger partial charge in [0.15, 0.2) is 0 Å². The highest BCUT2D eigenvalue weighted by Crippen LogP contribution is 2.19. The van der Waals surface area contributed by atoms with E-state index in [0.717, 1.165) is 54.9 Å². The third kappa shape index (κ3) is 8.67. The van der Waals surface area contributed by atoms with Crippen molar-refractivity contribution in [2.75, 3.05) is 18.0 Å². The maximum atomic E-state index is 11.6. The zero-order valence-electron chi connectivity index (χ0n) is 24.9. The van der Waals surface area contributed by atoms with Crippen LogP contribution in [0.4, 0.5) is 5.69 Å². The fourth-order valence-electron chi connectivity index (χ4n) is 4.24. The highest BCUT2D eigenvalue weighted by molar-refractivity contribution is 6.10. The molecule has 0 aliphatic carbocycles. The predicted molar refractivity (Wildman–Crippen MR) is 161 cm³/mol. The van der Waals surface area contributed by atoms with Crippen molar-refractivity contribution >= 4 is 23.4 Å². The van der Waals surface area contributed by atoms with Crippen molar-refractivity contribution in [1.82, 2.24) is 9.69 Å². The molecule has 2 rings (SSSR count). The number of aryl methyl sites for hydroxylation is 2. The minimum atomic E-state index is 0.338. The van der Waals surface area contributed by atoms with E-state index in [1.807, 2.05) is 30.7 Å². The Bertz CT molecular complexity index is 1130. The molecule has 2 heterocycles. The van der Waals surface area contributed by atoms with Crippen LogP contribution in [-0.4, -0.2) is 40.5 Å². The number of rotatable bonds is 14. The maximum absolute atomic E-state index is 11.6. The van der Waals surface area contributed by atoms with Gasteiger partial charge in [-0.1, -0.05) is 47.6 Å². The van der Waals surface area contributed by atoms with Crippen LogP contribution in [0.5, 0.6) is 0 Å². The van der Waals surface area contributed by atoms with E-state index >= 15 is 0 Å². The topological polar surface area (TPSA) is 65.6 Å². The molecule has 0 radical (unpaired) electrons. The molecule has 2 atom stereocenters. The molecule has 0 N–H and O–H groups in total. The normalized spacial score (nSPS) is 16.5. The number of hydrogen-bond donors (Lipinski definition) is 0. The van der Waals surface area contributed by atoms with E-state index in [9.17, 15) is 4.79 Å². The van der Waals surface area contributed by atoms with Gasteiger partial charge in [0.25, 0.3) is 0 Å². The van der Waals surface area contributed by atoms with Gasteiger partial charge in [0.05, 0.1) is 17.1 Å². The van der Waals surface area contributed by atoms with Gasteiger partial charge in [-0.05, 0) is 75.1 Å². The molecule has 1 aliphatic rings. The first-order chi connectivity index (χ1) is 18.1. The Labute approximate surface area is 230 Å². The van der Waals surface area contributed by atoms with E-state index < -0.39 is 0 Å². The second-order valence-electron chi connectivity index (χ2n) is 10.4. The minimum absolute atomic E-state index is 0.338.